The molecule has 0 aromatic rings. The highest BCUT2D eigenvalue weighted by molar-refractivity contribution is 5.83. The van der Waals surface area contributed by atoms with Crippen molar-refractivity contribution in [3.05, 3.63) is 0 Å². The number of rotatable bonds is 1. The Morgan fingerprint density at radius 3 is 2.31 bits per heavy atom. The van der Waals surface area contributed by atoms with Crippen LogP contribution >= 0.6 is 0 Å². The van der Waals surface area contributed by atoms with Crippen molar-refractivity contribution in [1.82, 2.24) is 0 Å². The molecule has 0 unspecified atom stereocenters. The maximum absolute atomic E-state index is 5.93. The van der Waals surface area contributed by atoms with Gasteiger partial charge in [0.25, 0.3) is 0 Å². The second kappa shape index (κ2) is 4.09. The molecule has 1 saturated heterocycles. The molecule has 13 heavy (non-hydrogen) atoms. The summed E-state index contributed by atoms with van der Waals surface area (Å²) in [4.78, 5) is 4.47. The van der Waals surface area contributed by atoms with Crippen LogP contribution in [-0.4, -0.2) is 24.6 Å². The zero-order valence-corrected chi connectivity index (χ0v) is 8.84. The molecule has 3 nitrogen and oxygen atoms in total. The Labute approximate surface area is 80.4 Å². The molecule has 1 aliphatic rings. The van der Waals surface area contributed by atoms with Crippen LogP contribution in [0.5, 0.6) is 0 Å². The van der Waals surface area contributed by atoms with Crippen LogP contribution in [0.1, 0.15) is 33.6 Å². The predicted molar refractivity (Wildman–Crippen MR) is 54.9 cm³/mol. The lowest BCUT2D eigenvalue weighted by atomic mass is 9.98. The maximum Gasteiger partial charge on any atom is 0.0976 e. The lowest BCUT2D eigenvalue weighted by Gasteiger charge is -2.23. The monoisotopic (exact) mass is 184 g/mol. The summed E-state index contributed by atoms with van der Waals surface area (Å²) in [6, 6.07) is 0. The van der Waals surface area contributed by atoms with Crippen molar-refractivity contribution in [3.8, 4) is 0 Å². The normalized spacial score (nSPS) is 21.9. The van der Waals surface area contributed by atoms with Gasteiger partial charge in [0.1, 0.15) is 0 Å². The van der Waals surface area contributed by atoms with E-state index in [9.17, 15) is 0 Å². The summed E-state index contributed by atoms with van der Waals surface area (Å²) in [5, 5.41) is 0. The van der Waals surface area contributed by atoms with E-state index in [4.69, 9.17) is 10.5 Å². The van der Waals surface area contributed by atoms with Crippen LogP contribution in [-0.2, 0) is 4.74 Å². The second-order valence-corrected chi connectivity index (χ2v) is 4.59. The Balaban J connectivity index is 2.54. The third-order valence-corrected chi connectivity index (χ3v) is 2.10. The largest absolute Gasteiger partial charge is 0.387 e. The van der Waals surface area contributed by atoms with E-state index in [1.165, 1.54) is 0 Å². The van der Waals surface area contributed by atoms with E-state index in [0.29, 0.717) is 5.92 Å². The minimum absolute atomic E-state index is 0.0532. The number of nitrogens with two attached hydrogens (primary N) is 1. The van der Waals surface area contributed by atoms with E-state index in [1.54, 1.807) is 0 Å². The van der Waals surface area contributed by atoms with Crippen molar-refractivity contribution in [3.63, 3.8) is 0 Å². The topological polar surface area (TPSA) is 47.6 Å². The number of aliphatic imine (C=N–C) groups is 1. The number of nitrogens with zero attached hydrogens (tertiary/aromatic N) is 1. The first kappa shape index (κ1) is 10.5. The highest BCUT2D eigenvalue weighted by Gasteiger charge is 2.19. The van der Waals surface area contributed by atoms with E-state index in [0.717, 1.165) is 31.9 Å². The van der Waals surface area contributed by atoms with E-state index in [2.05, 4.69) is 25.8 Å². The minimum Gasteiger partial charge on any atom is -0.387 e. The van der Waals surface area contributed by atoms with Gasteiger partial charge in [-0.05, 0) is 33.6 Å². The van der Waals surface area contributed by atoms with Crippen LogP contribution < -0.4 is 5.73 Å². The Bertz CT molecular complexity index is 188. The molecule has 0 saturated carbocycles. The van der Waals surface area contributed by atoms with Crippen LogP contribution in [0.3, 0.4) is 0 Å². The smallest absolute Gasteiger partial charge is 0.0976 e. The first-order chi connectivity index (χ1) is 5.99. The standard InChI is InChI=1S/C10H20N2O/c1-10(2,3)12-9(11)8-4-6-13-7-5-8/h8H,4-7H2,1-3H3,(H2,11,12). The molecule has 1 fully saturated rings. The molecular formula is C10H20N2O. The lowest BCUT2D eigenvalue weighted by Crippen LogP contribution is -2.32. The quantitative estimate of drug-likeness (QED) is 0.496. The molecule has 0 aromatic carbocycles. The summed E-state index contributed by atoms with van der Waals surface area (Å²) in [5.41, 5.74) is 5.88. The Morgan fingerprint density at radius 2 is 1.85 bits per heavy atom. The Kier molecular flexibility index (Phi) is 3.31. The van der Waals surface area contributed by atoms with Gasteiger partial charge in [-0.2, -0.15) is 0 Å². The van der Waals surface area contributed by atoms with Gasteiger partial charge >= 0.3 is 0 Å². The molecule has 1 rings (SSSR count). The molecule has 0 amide bonds. The summed E-state index contributed by atoms with van der Waals surface area (Å²) in [5.74, 6) is 1.24. The maximum atomic E-state index is 5.93. The van der Waals surface area contributed by atoms with E-state index in [1.807, 2.05) is 0 Å². The number of amidine groups is 1. The van der Waals surface area contributed by atoms with Crippen molar-refractivity contribution >= 4 is 5.84 Å². The van der Waals surface area contributed by atoms with Gasteiger partial charge in [-0.3, -0.25) is 4.99 Å². The van der Waals surface area contributed by atoms with Crippen molar-refractivity contribution in [1.29, 1.82) is 0 Å². The molecule has 0 aliphatic carbocycles. The molecule has 0 aromatic heterocycles. The highest BCUT2D eigenvalue weighted by Crippen LogP contribution is 2.17. The summed E-state index contributed by atoms with van der Waals surface area (Å²) >= 11 is 0. The van der Waals surface area contributed by atoms with Crippen molar-refractivity contribution in [2.24, 2.45) is 16.6 Å². The number of hydrogen-bond donors (Lipinski definition) is 1. The molecule has 1 heterocycles. The lowest BCUT2D eigenvalue weighted by molar-refractivity contribution is 0.0823. The molecular weight excluding hydrogens is 164 g/mol. The summed E-state index contributed by atoms with van der Waals surface area (Å²) in [6.45, 7) is 7.85. The third kappa shape index (κ3) is 3.77. The Hall–Kier alpha value is -0.570. The first-order valence-electron chi connectivity index (χ1n) is 4.92. The van der Waals surface area contributed by atoms with Crippen molar-refractivity contribution in [2.75, 3.05) is 13.2 Å². The second-order valence-electron chi connectivity index (χ2n) is 4.59. The van der Waals surface area contributed by atoms with Gasteiger partial charge in [0, 0.05) is 19.1 Å². The highest BCUT2D eigenvalue weighted by atomic mass is 16.5. The van der Waals surface area contributed by atoms with E-state index < -0.39 is 0 Å². The average molecular weight is 184 g/mol. The van der Waals surface area contributed by atoms with Gasteiger partial charge in [-0.15, -0.1) is 0 Å². The van der Waals surface area contributed by atoms with Crippen molar-refractivity contribution in [2.45, 2.75) is 39.2 Å². The van der Waals surface area contributed by atoms with Crippen LogP contribution in [0.15, 0.2) is 4.99 Å². The Morgan fingerprint density at radius 1 is 1.31 bits per heavy atom. The number of hydrogen-bond acceptors (Lipinski definition) is 2. The molecule has 0 bridgehead atoms. The molecule has 3 heteroatoms. The fraction of sp³-hybridized carbons (Fsp3) is 0.900. The van der Waals surface area contributed by atoms with E-state index in [-0.39, 0.29) is 5.54 Å². The van der Waals surface area contributed by atoms with E-state index >= 15 is 0 Å². The van der Waals surface area contributed by atoms with Crippen LogP contribution in [0.25, 0.3) is 0 Å². The van der Waals surface area contributed by atoms with Gasteiger partial charge in [0.05, 0.1) is 11.4 Å². The zero-order chi connectivity index (χ0) is 9.90. The summed E-state index contributed by atoms with van der Waals surface area (Å²) in [6.07, 6.45) is 2.04. The van der Waals surface area contributed by atoms with Gasteiger partial charge < -0.3 is 10.5 Å². The molecule has 76 valence electrons. The molecule has 0 spiro atoms. The zero-order valence-electron chi connectivity index (χ0n) is 8.84. The molecule has 0 atom stereocenters. The van der Waals surface area contributed by atoms with Crippen LogP contribution in [0, 0.1) is 5.92 Å². The summed E-state index contributed by atoms with van der Waals surface area (Å²) in [7, 11) is 0. The van der Waals surface area contributed by atoms with Gasteiger partial charge in [-0.25, -0.2) is 0 Å². The fourth-order valence-corrected chi connectivity index (χ4v) is 1.47. The van der Waals surface area contributed by atoms with Gasteiger partial charge in [0.2, 0.25) is 0 Å². The van der Waals surface area contributed by atoms with Gasteiger partial charge in [0.15, 0.2) is 0 Å². The molecule has 2 N–H and O–H groups in total. The predicted octanol–water partition coefficient (Wildman–Crippen LogP) is 1.57. The van der Waals surface area contributed by atoms with Crippen LogP contribution in [0.4, 0.5) is 0 Å². The van der Waals surface area contributed by atoms with Gasteiger partial charge in [-0.1, -0.05) is 0 Å². The molecule has 0 radical (unpaired) electrons. The molecule has 1 aliphatic heterocycles. The third-order valence-electron chi connectivity index (χ3n) is 2.10. The van der Waals surface area contributed by atoms with Crippen LogP contribution in [0.2, 0.25) is 0 Å². The fourth-order valence-electron chi connectivity index (χ4n) is 1.47. The SMILES string of the molecule is CC(C)(C)N=C(N)C1CCOCC1. The first-order valence-corrected chi connectivity index (χ1v) is 4.92. The van der Waals surface area contributed by atoms with Crippen molar-refractivity contribution < 1.29 is 4.74 Å². The number of ether oxygens (including phenoxy) is 1. The summed E-state index contributed by atoms with van der Waals surface area (Å²) < 4.78 is 5.27. The average Bonchev–Trinajstić information content (AvgIpc) is 2.03. The minimum atomic E-state index is -0.0532.